The summed E-state index contributed by atoms with van der Waals surface area (Å²) in [5, 5.41) is 0. The number of ketones is 1. The molecule has 1 fully saturated rings. The third-order valence-electron chi connectivity index (χ3n) is 2.53. The molecule has 0 bridgehead atoms. The molecule has 1 atom stereocenters. The summed E-state index contributed by atoms with van der Waals surface area (Å²) < 4.78 is 0. The summed E-state index contributed by atoms with van der Waals surface area (Å²) in [6.45, 7) is 0. The Morgan fingerprint density at radius 2 is 2.23 bits per heavy atom. The van der Waals surface area contributed by atoms with Crippen molar-refractivity contribution in [2.75, 3.05) is 0 Å². The fourth-order valence-electron chi connectivity index (χ4n) is 1.85. The highest BCUT2D eigenvalue weighted by molar-refractivity contribution is 5.87. The number of hydrogen-bond acceptors (Lipinski definition) is 2. The quantitative estimate of drug-likeness (QED) is 0.701. The topological polar surface area (TPSA) is 49.9 Å². The molecule has 2 rings (SSSR count). The van der Waals surface area contributed by atoms with Crippen LogP contribution in [0.15, 0.2) is 23.1 Å². The molecule has 1 aromatic heterocycles. The number of aromatic nitrogens is 1. The van der Waals surface area contributed by atoms with Crippen LogP contribution in [-0.2, 0) is 4.79 Å². The van der Waals surface area contributed by atoms with Crippen molar-refractivity contribution >= 4 is 5.78 Å². The lowest BCUT2D eigenvalue weighted by atomic mass is 9.98. The van der Waals surface area contributed by atoms with Gasteiger partial charge in [0.05, 0.1) is 0 Å². The molecule has 1 unspecified atom stereocenters. The Balaban J connectivity index is 2.40. The highest BCUT2D eigenvalue weighted by Gasteiger charge is 2.27. The van der Waals surface area contributed by atoms with E-state index in [0.717, 1.165) is 12.8 Å². The molecule has 0 aromatic carbocycles. The van der Waals surface area contributed by atoms with E-state index in [4.69, 9.17) is 0 Å². The lowest BCUT2D eigenvalue weighted by Crippen LogP contribution is -2.17. The molecule has 0 radical (unpaired) electrons. The predicted molar refractivity (Wildman–Crippen MR) is 48.7 cm³/mol. The van der Waals surface area contributed by atoms with Crippen LogP contribution in [0, 0.1) is 0 Å². The molecular formula is C10H11NO2. The molecule has 1 N–H and O–H groups in total. The van der Waals surface area contributed by atoms with E-state index >= 15 is 0 Å². The fraction of sp³-hybridized carbons (Fsp3) is 0.400. The van der Waals surface area contributed by atoms with Crippen molar-refractivity contribution in [1.82, 2.24) is 4.98 Å². The van der Waals surface area contributed by atoms with Gasteiger partial charge in [0.2, 0.25) is 0 Å². The van der Waals surface area contributed by atoms with Gasteiger partial charge in [-0.2, -0.15) is 0 Å². The van der Waals surface area contributed by atoms with Crippen molar-refractivity contribution in [3.05, 3.63) is 34.2 Å². The number of pyridine rings is 1. The lowest BCUT2D eigenvalue weighted by Gasteiger charge is -2.05. The Morgan fingerprint density at radius 1 is 1.38 bits per heavy atom. The molecule has 0 spiro atoms. The van der Waals surface area contributed by atoms with Crippen LogP contribution in [0.4, 0.5) is 0 Å². The summed E-state index contributed by atoms with van der Waals surface area (Å²) in [5.74, 6) is 0.0571. The van der Waals surface area contributed by atoms with Crippen LogP contribution in [0.5, 0.6) is 0 Å². The average Bonchev–Trinajstić information content (AvgIpc) is 2.52. The van der Waals surface area contributed by atoms with Crippen molar-refractivity contribution in [3.8, 4) is 0 Å². The first-order valence-corrected chi connectivity index (χ1v) is 4.49. The zero-order chi connectivity index (χ0) is 9.26. The highest BCUT2D eigenvalue weighted by Crippen LogP contribution is 2.28. The Morgan fingerprint density at radius 3 is 2.85 bits per heavy atom. The van der Waals surface area contributed by atoms with E-state index < -0.39 is 0 Å². The monoisotopic (exact) mass is 177 g/mol. The van der Waals surface area contributed by atoms with Crippen molar-refractivity contribution in [2.24, 2.45) is 0 Å². The maximum atomic E-state index is 11.4. The van der Waals surface area contributed by atoms with E-state index in [0.29, 0.717) is 12.0 Å². The lowest BCUT2D eigenvalue weighted by molar-refractivity contribution is -0.118. The average molecular weight is 177 g/mol. The molecule has 3 nitrogen and oxygen atoms in total. The van der Waals surface area contributed by atoms with Crippen LogP contribution in [0.2, 0.25) is 0 Å². The van der Waals surface area contributed by atoms with Crippen LogP contribution in [0.1, 0.15) is 30.7 Å². The Labute approximate surface area is 75.8 Å². The van der Waals surface area contributed by atoms with Crippen LogP contribution in [-0.4, -0.2) is 10.8 Å². The van der Waals surface area contributed by atoms with Crippen molar-refractivity contribution in [1.29, 1.82) is 0 Å². The second kappa shape index (κ2) is 3.17. The van der Waals surface area contributed by atoms with Crippen LogP contribution in [0.25, 0.3) is 0 Å². The summed E-state index contributed by atoms with van der Waals surface area (Å²) in [5.41, 5.74) is 0.507. The van der Waals surface area contributed by atoms with Gasteiger partial charge in [0.25, 0.3) is 5.56 Å². The molecule has 1 aliphatic carbocycles. The van der Waals surface area contributed by atoms with E-state index in [1.807, 2.05) is 0 Å². The predicted octanol–water partition coefficient (Wildman–Crippen LogP) is 1.21. The van der Waals surface area contributed by atoms with E-state index in [1.165, 1.54) is 0 Å². The number of nitrogens with one attached hydrogen (secondary N) is 1. The number of Topliss-reactive ketones (excluding diaryl/α,β-unsaturated/α-hetero) is 1. The second-order valence-corrected chi connectivity index (χ2v) is 3.37. The van der Waals surface area contributed by atoms with E-state index in [-0.39, 0.29) is 17.3 Å². The first-order valence-electron chi connectivity index (χ1n) is 4.49. The Hall–Kier alpha value is -1.38. The third kappa shape index (κ3) is 1.41. The molecule has 1 aliphatic rings. The summed E-state index contributed by atoms with van der Waals surface area (Å²) in [6.07, 6.45) is 3.95. The Bertz CT molecular complexity index is 381. The molecular weight excluding hydrogens is 166 g/mol. The first kappa shape index (κ1) is 8.23. The number of carbonyl (C=O) groups is 1. The first-order chi connectivity index (χ1) is 6.29. The van der Waals surface area contributed by atoms with Crippen molar-refractivity contribution in [3.63, 3.8) is 0 Å². The molecule has 1 aromatic rings. The van der Waals surface area contributed by atoms with Gasteiger partial charge in [0.1, 0.15) is 5.78 Å². The number of carbonyl (C=O) groups excluding carboxylic acids is 1. The van der Waals surface area contributed by atoms with Crippen molar-refractivity contribution in [2.45, 2.75) is 25.2 Å². The summed E-state index contributed by atoms with van der Waals surface area (Å²) in [4.78, 5) is 25.3. The van der Waals surface area contributed by atoms with E-state index in [9.17, 15) is 9.59 Å². The molecule has 0 aliphatic heterocycles. The van der Waals surface area contributed by atoms with Crippen LogP contribution >= 0.6 is 0 Å². The Kier molecular flexibility index (Phi) is 2.00. The molecule has 3 heteroatoms. The van der Waals surface area contributed by atoms with Crippen LogP contribution < -0.4 is 5.56 Å². The molecule has 13 heavy (non-hydrogen) atoms. The van der Waals surface area contributed by atoms with Crippen molar-refractivity contribution < 1.29 is 4.79 Å². The molecule has 1 saturated carbocycles. The summed E-state index contributed by atoms with van der Waals surface area (Å²) in [6, 6.07) is 3.51. The van der Waals surface area contributed by atoms with Gasteiger partial charge in [0, 0.05) is 24.1 Å². The molecule has 0 saturated heterocycles. The van der Waals surface area contributed by atoms with E-state index in [1.54, 1.807) is 18.3 Å². The SMILES string of the molecule is O=C1CCCC1c1ccc[nH]c1=O. The number of hydrogen-bond donors (Lipinski definition) is 1. The van der Waals surface area contributed by atoms with Gasteiger partial charge >= 0.3 is 0 Å². The van der Waals surface area contributed by atoms with Gasteiger partial charge in [-0.25, -0.2) is 0 Å². The highest BCUT2D eigenvalue weighted by atomic mass is 16.1. The number of H-pyrrole nitrogens is 1. The second-order valence-electron chi connectivity index (χ2n) is 3.37. The minimum Gasteiger partial charge on any atom is -0.329 e. The van der Waals surface area contributed by atoms with Gasteiger partial charge in [-0.15, -0.1) is 0 Å². The largest absolute Gasteiger partial charge is 0.329 e. The molecule has 0 amide bonds. The minimum atomic E-state index is -0.148. The normalized spacial score (nSPS) is 22.2. The fourth-order valence-corrected chi connectivity index (χ4v) is 1.85. The van der Waals surface area contributed by atoms with Gasteiger partial charge in [-0.1, -0.05) is 6.07 Å². The van der Waals surface area contributed by atoms with Crippen LogP contribution in [0.3, 0.4) is 0 Å². The zero-order valence-corrected chi connectivity index (χ0v) is 7.25. The standard InChI is InChI=1S/C10H11NO2/c12-9-5-1-3-7(9)8-4-2-6-11-10(8)13/h2,4,6-7H,1,3,5H2,(H,11,13). The van der Waals surface area contributed by atoms with Gasteiger partial charge in [-0.05, 0) is 18.9 Å². The molecule has 68 valence electrons. The van der Waals surface area contributed by atoms with E-state index in [2.05, 4.69) is 4.98 Å². The maximum absolute atomic E-state index is 11.4. The van der Waals surface area contributed by atoms with Gasteiger partial charge in [0.15, 0.2) is 0 Å². The minimum absolute atomic E-state index is 0.122. The van der Waals surface area contributed by atoms with Gasteiger partial charge < -0.3 is 4.98 Å². The maximum Gasteiger partial charge on any atom is 0.251 e. The third-order valence-corrected chi connectivity index (χ3v) is 2.53. The number of aromatic amines is 1. The smallest absolute Gasteiger partial charge is 0.251 e. The zero-order valence-electron chi connectivity index (χ0n) is 7.25. The summed E-state index contributed by atoms with van der Waals surface area (Å²) >= 11 is 0. The molecule has 1 heterocycles. The van der Waals surface area contributed by atoms with Gasteiger partial charge in [-0.3, -0.25) is 9.59 Å². The summed E-state index contributed by atoms with van der Waals surface area (Å²) in [7, 11) is 0. The number of rotatable bonds is 1.